The Morgan fingerprint density at radius 3 is 1.92 bits per heavy atom. The maximum atomic E-state index is 12.3. The average Bonchev–Trinajstić information content (AvgIpc) is 2.62. The van der Waals surface area contributed by atoms with Crippen molar-refractivity contribution in [3.8, 4) is 5.75 Å². The minimum atomic E-state index is -0.388. The molecule has 0 fully saturated rings. The fourth-order valence-electron chi connectivity index (χ4n) is 2.44. The zero-order valence-corrected chi connectivity index (χ0v) is 13.5. The number of carbonyl (C=O) groups is 1. The molecule has 3 aromatic carbocycles. The lowest BCUT2D eigenvalue weighted by atomic mass is 9.97. The highest BCUT2D eigenvalue weighted by molar-refractivity contribution is 5.97. The van der Waals surface area contributed by atoms with Gasteiger partial charge in [0.1, 0.15) is 5.75 Å². The van der Waals surface area contributed by atoms with Gasteiger partial charge in [0.25, 0.3) is 0 Å². The van der Waals surface area contributed by atoms with Crippen molar-refractivity contribution in [2.24, 2.45) is 0 Å². The van der Waals surface area contributed by atoms with Crippen molar-refractivity contribution in [1.29, 1.82) is 0 Å². The molecule has 2 heteroatoms. The molecule has 0 spiro atoms. The van der Waals surface area contributed by atoms with Crippen LogP contribution in [0.3, 0.4) is 0 Å². The lowest BCUT2D eigenvalue weighted by Crippen LogP contribution is -2.05. The number of rotatable bonds is 4. The summed E-state index contributed by atoms with van der Waals surface area (Å²) in [6, 6.07) is 27.0. The highest BCUT2D eigenvalue weighted by Gasteiger charge is 2.09. The molecule has 3 rings (SSSR count). The molecular weight excluding hydrogens is 296 g/mol. The molecule has 0 aliphatic heterocycles. The lowest BCUT2D eigenvalue weighted by molar-refractivity contribution is -0.128. The van der Waals surface area contributed by atoms with Gasteiger partial charge in [-0.05, 0) is 35.8 Å². The molecule has 118 valence electrons. The molecule has 0 aliphatic rings. The van der Waals surface area contributed by atoms with E-state index < -0.39 is 0 Å². The van der Waals surface area contributed by atoms with Gasteiger partial charge in [0.15, 0.2) is 0 Å². The molecule has 0 aliphatic carbocycles. The second-order valence-corrected chi connectivity index (χ2v) is 5.52. The number of hydrogen-bond acceptors (Lipinski definition) is 2. The summed E-state index contributed by atoms with van der Waals surface area (Å²) in [5, 5.41) is 0. The van der Waals surface area contributed by atoms with E-state index in [1.165, 1.54) is 5.56 Å². The van der Waals surface area contributed by atoms with Crippen LogP contribution >= 0.6 is 0 Å². The number of ether oxygens (including phenoxy) is 1. The van der Waals surface area contributed by atoms with Crippen molar-refractivity contribution in [1.82, 2.24) is 0 Å². The van der Waals surface area contributed by atoms with Crippen LogP contribution in [0.4, 0.5) is 0 Å². The molecule has 0 N–H and O–H groups in total. The number of hydrogen-bond donors (Lipinski definition) is 0. The summed E-state index contributed by atoms with van der Waals surface area (Å²) in [6.45, 7) is 2.04. The van der Waals surface area contributed by atoms with Crippen LogP contribution in [0.1, 0.15) is 16.7 Å². The molecule has 24 heavy (non-hydrogen) atoms. The predicted octanol–water partition coefficient (Wildman–Crippen LogP) is 5.03. The molecule has 0 saturated carbocycles. The van der Waals surface area contributed by atoms with Crippen molar-refractivity contribution in [2.45, 2.75) is 6.92 Å². The van der Waals surface area contributed by atoms with Crippen LogP contribution in [0.2, 0.25) is 0 Å². The molecule has 2 nitrogen and oxygen atoms in total. The van der Waals surface area contributed by atoms with E-state index in [0.29, 0.717) is 5.75 Å². The van der Waals surface area contributed by atoms with Crippen LogP contribution < -0.4 is 4.74 Å². The molecule has 3 aromatic rings. The molecule has 0 saturated heterocycles. The molecular formula is C22H18O2. The highest BCUT2D eigenvalue weighted by atomic mass is 16.5. The monoisotopic (exact) mass is 314 g/mol. The van der Waals surface area contributed by atoms with E-state index in [2.05, 4.69) is 0 Å². The first-order valence-corrected chi connectivity index (χ1v) is 7.83. The average molecular weight is 314 g/mol. The lowest BCUT2D eigenvalue weighted by Gasteiger charge is -2.09. The first-order chi connectivity index (χ1) is 11.7. The summed E-state index contributed by atoms with van der Waals surface area (Å²) < 4.78 is 5.40. The Balaban J connectivity index is 1.95. The van der Waals surface area contributed by atoms with E-state index in [-0.39, 0.29) is 5.97 Å². The van der Waals surface area contributed by atoms with Gasteiger partial charge in [-0.3, -0.25) is 0 Å². The number of para-hydroxylation sites is 1. The second-order valence-electron chi connectivity index (χ2n) is 5.52. The van der Waals surface area contributed by atoms with E-state index in [9.17, 15) is 4.79 Å². The Bertz CT molecular complexity index is 832. The van der Waals surface area contributed by atoms with Gasteiger partial charge < -0.3 is 4.74 Å². The fraction of sp³-hybridized carbons (Fsp3) is 0.0455. The second kappa shape index (κ2) is 7.42. The summed E-state index contributed by atoms with van der Waals surface area (Å²) in [5.41, 5.74) is 3.98. The van der Waals surface area contributed by atoms with E-state index in [0.717, 1.165) is 16.7 Å². The number of carbonyl (C=O) groups excluding carboxylic acids is 1. The maximum Gasteiger partial charge on any atom is 0.336 e. The number of esters is 1. The van der Waals surface area contributed by atoms with Crippen LogP contribution in [0.5, 0.6) is 5.75 Å². The minimum Gasteiger partial charge on any atom is -0.423 e. The Kier molecular flexibility index (Phi) is 4.87. The van der Waals surface area contributed by atoms with Gasteiger partial charge in [-0.15, -0.1) is 0 Å². The summed E-state index contributed by atoms with van der Waals surface area (Å²) >= 11 is 0. The summed E-state index contributed by atoms with van der Waals surface area (Å²) in [4.78, 5) is 12.3. The first kappa shape index (κ1) is 15.8. The van der Waals surface area contributed by atoms with Crippen LogP contribution in [0, 0.1) is 6.92 Å². The standard InChI is InChI=1S/C22H18O2/c1-17-12-14-19(15-13-17)21(18-8-4-2-5-9-18)16-22(23)24-20-10-6-3-7-11-20/h2-16H,1H3/b21-16+. The molecule has 0 unspecified atom stereocenters. The zero-order valence-electron chi connectivity index (χ0n) is 13.5. The van der Waals surface area contributed by atoms with Gasteiger partial charge >= 0.3 is 5.97 Å². The SMILES string of the molecule is Cc1ccc(/C(=C/C(=O)Oc2ccccc2)c2ccccc2)cc1. The van der Waals surface area contributed by atoms with Gasteiger partial charge in [-0.1, -0.05) is 78.4 Å². The minimum absolute atomic E-state index is 0.388. The van der Waals surface area contributed by atoms with E-state index in [4.69, 9.17) is 4.74 Å². The largest absolute Gasteiger partial charge is 0.423 e. The molecule has 0 radical (unpaired) electrons. The van der Waals surface area contributed by atoms with Crippen LogP contribution in [-0.2, 0) is 4.79 Å². The molecule has 0 bridgehead atoms. The fourth-order valence-corrected chi connectivity index (χ4v) is 2.44. The quantitative estimate of drug-likeness (QED) is 0.383. The normalized spacial score (nSPS) is 11.1. The zero-order chi connectivity index (χ0) is 16.8. The number of benzene rings is 3. The van der Waals surface area contributed by atoms with Gasteiger partial charge in [0.05, 0.1) is 0 Å². The van der Waals surface area contributed by atoms with Gasteiger partial charge in [-0.25, -0.2) is 4.79 Å². The highest BCUT2D eigenvalue weighted by Crippen LogP contribution is 2.24. The smallest absolute Gasteiger partial charge is 0.336 e. The maximum absolute atomic E-state index is 12.3. The molecule has 0 atom stereocenters. The third-order valence-electron chi connectivity index (χ3n) is 3.67. The topological polar surface area (TPSA) is 26.3 Å². The Morgan fingerprint density at radius 1 is 0.750 bits per heavy atom. The van der Waals surface area contributed by atoms with Crippen LogP contribution in [-0.4, -0.2) is 5.97 Å². The third kappa shape index (κ3) is 3.99. The van der Waals surface area contributed by atoms with E-state index in [1.54, 1.807) is 18.2 Å². The third-order valence-corrected chi connectivity index (χ3v) is 3.67. The van der Waals surface area contributed by atoms with Crippen molar-refractivity contribution in [3.63, 3.8) is 0 Å². The molecule has 0 amide bonds. The van der Waals surface area contributed by atoms with Crippen LogP contribution in [0.15, 0.2) is 91.0 Å². The summed E-state index contributed by atoms with van der Waals surface area (Å²) in [6.07, 6.45) is 1.55. The summed E-state index contributed by atoms with van der Waals surface area (Å²) in [7, 11) is 0. The van der Waals surface area contributed by atoms with Crippen molar-refractivity contribution in [3.05, 3.63) is 108 Å². The predicted molar refractivity (Wildman–Crippen MR) is 96.8 cm³/mol. The van der Waals surface area contributed by atoms with Gasteiger partial charge in [-0.2, -0.15) is 0 Å². The molecule has 0 aromatic heterocycles. The first-order valence-electron chi connectivity index (χ1n) is 7.83. The van der Waals surface area contributed by atoms with Gasteiger partial charge in [0.2, 0.25) is 0 Å². The van der Waals surface area contributed by atoms with Crippen molar-refractivity contribution >= 4 is 11.5 Å². The van der Waals surface area contributed by atoms with Gasteiger partial charge in [0, 0.05) is 6.08 Å². The van der Waals surface area contributed by atoms with Crippen molar-refractivity contribution in [2.75, 3.05) is 0 Å². The Hall–Kier alpha value is -3.13. The summed E-state index contributed by atoms with van der Waals surface area (Å²) in [5.74, 6) is 0.149. The number of aryl methyl sites for hydroxylation is 1. The van der Waals surface area contributed by atoms with Crippen LogP contribution in [0.25, 0.3) is 5.57 Å². The molecule has 0 heterocycles. The van der Waals surface area contributed by atoms with E-state index >= 15 is 0 Å². The Morgan fingerprint density at radius 2 is 1.29 bits per heavy atom. The van der Waals surface area contributed by atoms with Crippen molar-refractivity contribution < 1.29 is 9.53 Å². The van der Waals surface area contributed by atoms with E-state index in [1.807, 2.05) is 79.7 Å². The Labute approximate surface area is 142 Å².